The first-order valence-corrected chi connectivity index (χ1v) is 6.24. The van der Waals surface area contributed by atoms with Crippen molar-refractivity contribution in [1.29, 1.82) is 0 Å². The molecule has 0 atom stereocenters. The van der Waals surface area contributed by atoms with Crippen molar-refractivity contribution in [1.82, 2.24) is 0 Å². The summed E-state index contributed by atoms with van der Waals surface area (Å²) >= 11 is 1.57. The minimum atomic E-state index is -1.31. The molecule has 0 bridgehead atoms. The van der Waals surface area contributed by atoms with Gasteiger partial charge in [0.2, 0.25) is 0 Å². The standard InChI is InChI=1S/C12H10N2O4S/c15-12(16)10-4-3-8(6-11(10)14(17)18)13-7-9-2-1-5-19-9/h1-6,13H,7H2,(H,15,16). The highest BCUT2D eigenvalue weighted by molar-refractivity contribution is 7.09. The number of hydrogen-bond donors (Lipinski definition) is 2. The molecule has 0 saturated heterocycles. The fourth-order valence-electron chi connectivity index (χ4n) is 1.58. The van der Waals surface area contributed by atoms with E-state index in [9.17, 15) is 14.9 Å². The maximum Gasteiger partial charge on any atom is 0.342 e. The van der Waals surface area contributed by atoms with Crippen LogP contribution in [0.2, 0.25) is 0 Å². The van der Waals surface area contributed by atoms with Crippen LogP contribution in [0.25, 0.3) is 0 Å². The first-order valence-electron chi connectivity index (χ1n) is 5.36. The van der Waals surface area contributed by atoms with E-state index in [1.165, 1.54) is 18.2 Å². The van der Waals surface area contributed by atoms with Gasteiger partial charge in [0.05, 0.1) is 4.92 Å². The van der Waals surface area contributed by atoms with Gasteiger partial charge in [-0.05, 0) is 23.6 Å². The molecule has 0 amide bonds. The molecule has 0 aliphatic carbocycles. The van der Waals surface area contributed by atoms with Crippen LogP contribution in [0.15, 0.2) is 35.7 Å². The van der Waals surface area contributed by atoms with Gasteiger partial charge in [0.15, 0.2) is 0 Å². The largest absolute Gasteiger partial charge is 0.477 e. The highest BCUT2D eigenvalue weighted by atomic mass is 32.1. The molecule has 1 aromatic heterocycles. The number of hydrogen-bond acceptors (Lipinski definition) is 5. The predicted molar refractivity (Wildman–Crippen MR) is 71.7 cm³/mol. The lowest BCUT2D eigenvalue weighted by molar-refractivity contribution is -0.385. The van der Waals surface area contributed by atoms with E-state index in [-0.39, 0.29) is 5.56 Å². The molecule has 1 heterocycles. The Labute approximate surface area is 112 Å². The van der Waals surface area contributed by atoms with E-state index in [1.54, 1.807) is 11.3 Å². The van der Waals surface area contributed by atoms with Crippen LogP contribution in [0.1, 0.15) is 15.2 Å². The van der Waals surface area contributed by atoms with Gasteiger partial charge >= 0.3 is 5.97 Å². The zero-order valence-electron chi connectivity index (χ0n) is 9.70. The van der Waals surface area contributed by atoms with Crippen LogP contribution in [0.4, 0.5) is 11.4 Å². The number of nitro benzene ring substituents is 1. The van der Waals surface area contributed by atoms with E-state index >= 15 is 0 Å². The number of carboxylic acid groups (broad SMARTS) is 1. The lowest BCUT2D eigenvalue weighted by Crippen LogP contribution is -2.04. The van der Waals surface area contributed by atoms with Crippen molar-refractivity contribution in [2.24, 2.45) is 0 Å². The number of thiophene rings is 1. The number of aromatic carboxylic acids is 1. The monoisotopic (exact) mass is 278 g/mol. The summed E-state index contributed by atoms with van der Waals surface area (Å²) in [6.45, 7) is 0.543. The number of carboxylic acids is 1. The van der Waals surface area contributed by atoms with Gasteiger partial charge in [-0.15, -0.1) is 11.3 Å². The third-order valence-electron chi connectivity index (χ3n) is 2.47. The maximum absolute atomic E-state index is 10.9. The zero-order chi connectivity index (χ0) is 13.8. The first kappa shape index (κ1) is 13.0. The molecule has 98 valence electrons. The highest BCUT2D eigenvalue weighted by Crippen LogP contribution is 2.24. The Morgan fingerprint density at radius 1 is 1.42 bits per heavy atom. The summed E-state index contributed by atoms with van der Waals surface area (Å²) in [6.07, 6.45) is 0. The normalized spacial score (nSPS) is 10.1. The number of anilines is 1. The van der Waals surface area contributed by atoms with E-state index in [1.807, 2.05) is 17.5 Å². The fraction of sp³-hybridized carbons (Fsp3) is 0.0833. The van der Waals surface area contributed by atoms with Gasteiger partial charge in [-0.3, -0.25) is 10.1 Å². The number of nitrogens with zero attached hydrogens (tertiary/aromatic N) is 1. The second-order valence-corrected chi connectivity index (χ2v) is 4.76. The van der Waals surface area contributed by atoms with Crippen molar-refractivity contribution in [2.45, 2.75) is 6.54 Å². The van der Waals surface area contributed by atoms with E-state index in [2.05, 4.69) is 5.32 Å². The Balaban J connectivity index is 2.20. The Morgan fingerprint density at radius 3 is 2.79 bits per heavy atom. The van der Waals surface area contributed by atoms with Crippen LogP contribution >= 0.6 is 11.3 Å². The van der Waals surface area contributed by atoms with E-state index in [0.29, 0.717) is 12.2 Å². The molecule has 2 rings (SSSR count). The van der Waals surface area contributed by atoms with E-state index < -0.39 is 16.6 Å². The van der Waals surface area contributed by atoms with Crippen LogP contribution in [-0.2, 0) is 6.54 Å². The molecule has 6 nitrogen and oxygen atoms in total. The van der Waals surface area contributed by atoms with Crippen molar-refractivity contribution in [3.8, 4) is 0 Å². The quantitative estimate of drug-likeness (QED) is 0.648. The summed E-state index contributed by atoms with van der Waals surface area (Å²) in [6, 6.07) is 7.84. The minimum Gasteiger partial charge on any atom is -0.477 e. The van der Waals surface area contributed by atoms with Crippen LogP contribution in [0, 0.1) is 10.1 Å². The van der Waals surface area contributed by atoms with Crippen molar-refractivity contribution in [2.75, 3.05) is 5.32 Å². The lowest BCUT2D eigenvalue weighted by atomic mass is 10.1. The Hall–Kier alpha value is -2.41. The van der Waals surface area contributed by atoms with Gasteiger partial charge in [-0.25, -0.2) is 4.79 Å². The van der Waals surface area contributed by atoms with Crippen LogP contribution < -0.4 is 5.32 Å². The lowest BCUT2D eigenvalue weighted by Gasteiger charge is -2.06. The van der Waals surface area contributed by atoms with E-state index in [4.69, 9.17) is 5.11 Å². The number of nitrogens with one attached hydrogen (secondary N) is 1. The fourth-order valence-corrected chi connectivity index (χ4v) is 2.22. The van der Waals surface area contributed by atoms with Gasteiger partial charge in [0.1, 0.15) is 5.56 Å². The second-order valence-electron chi connectivity index (χ2n) is 3.73. The summed E-state index contributed by atoms with van der Waals surface area (Å²) < 4.78 is 0. The Morgan fingerprint density at radius 2 is 2.21 bits per heavy atom. The summed E-state index contributed by atoms with van der Waals surface area (Å²) in [5, 5.41) is 24.6. The maximum atomic E-state index is 10.9. The number of carbonyl (C=O) groups is 1. The third kappa shape index (κ3) is 3.08. The topological polar surface area (TPSA) is 92.5 Å². The summed E-state index contributed by atoms with van der Waals surface area (Å²) in [5.41, 5.74) is -0.208. The second kappa shape index (κ2) is 5.49. The minimum absolute atomic E-state index is 0.313. The third-order valence-corrected chi connectivity index (χ3v) is 3.35. The molecule has 0 radical (unpaired) electrons. The molecule has 0 fully saturated rings. The molecule has 2 aromatic rings. The Bertz CT molecular complexity index is 610. The van der Waals surface area contributed by atoms with Gasteiger partial charge in [-0.2, -0.15) is 0 Å². The van der Waals surface area contributed by atoms with Crippen LogP contribution in [0.5, 0.6) is 0 Å². The van der Waals surface area contributed by atoms with Crippen molar-refractivity contribution in [3.63, 3.8) is 0 Å². The average Bonchev–Trinajstić information content (AvgIpc) is 2.88. The van der Waals surface area contributed by atoms with Crippen molar-refractivity contribution in [3.05, 3.63) is 56.3 Å². The molecule has 1 aromatic carbocycles. The van der Waals surface area contributed by atoms with Gasteiger partial charge < -0.3 is 10.4 Å². The predicted octanol–water partition coefficient (Wildman–Crippen LogP) is 2.97. The molecule has 0 aliphatic heterocycles. The number of rotatable bonds is 5. The molecule has 0 aliphatic rings. The number of nitro groups is 1. The molecular formula is C12H10N2O4S. The van der Waals surface area contributed by atoms with Gasteiger partial charge in [0.25, 0.3) is 5.69 Å². The molecule has 0 spiro atoms. The summed E-state index contributed by atoms with van der Waals surface area (Å²) in [7, 11) is 0. The number of benzene rings is 1. The molecular weight excluding hydrogens is 268 g/mol. The molecule has 2 N–H and O–H groups in total. The average molecular weight is 278 g/mol. The van der Waals surface area contributed by atoms with Crippen LogP contribution in [0.3, 0.4) is 0 Å². The summed E-state index contributed by atoms with van der Waals surface area (Å²) in [5.74, 6) is -1.31. The highest BCUT2D eigenvalue weighted by Gasteiger charge is 2.19. The SMILES string of the molecule is O=C(O)c1ccc(NCc2cccs2)cc1[N+](=O)[O-]. The molecule has 7 heteroatoms. The summed E-state index contributed by atoms with van der Waals surface area (Å²) in [4.78, 5) is 22.1. The zero-order valence-corrected chi connectivity index (χ0v) is 10.5. The van der Waals surface area contributed by atoms with Crippen LogP contribution in [-0.4, -0.2) is 16.0 Å². The van der Waals surface area contributed by atoms with E-state index in [0.717, 1.165) is 4.88 Å². The smallest absolute Gasteiger partial charge is 0.342 e. The molecule has 19 heavy (non-hydrogen) atoms. The molecule has 0 unspecified atom stereocenters. The van der Waals surface area contributed by atoms with Crippen molar-refractivity contribution >= 4 is 28.7 Å². The first-order chi connectivity index (χ1) is 9.08. The van der Waals surface area contributed by atoms with Gasteiger partial charge in [-0.1, -0.05) is 6.07 Å². The molecule has 0 saturated carbocycles. The van der Waals surface area contributed by atoms with Gasteiger partial charge in [0, 0.05) is 23.2 Å². The Kier molecular flexibility index (Phi) is 3.76. The van der Waals surface area contributed by atoms with Crippen molar-refractivity contribution < 1.29 is 14.8 Å².